The number of ketones is 1. The van der Waals surface area contributed by atoms with E-state index in [0.717, 1.165) is 5.56 Å². The van der Waals surface area contributed by atoms with E-state index in [1.807, 2.05) is 48.5 Å². The Morgan fingerprint density at radius 1 is 0.833 bits per heavy atom. The lowest BCUT2D eigenvalue weighted by Crippen LogP contribution is -2.36. The van der Waals surface area contributed by atoms with E-state index in [9.17, 15) is 9.90 Å². The molecule has 0 spiro atoms. The Morgan fingerprint density at radius 2 is 1.50 bits per heavy atom. The fourth-order valence-electron chi connectivity index (χ4n) is 3.43. The third-order valence-corrected chi connectivity index (χ3v) is 4.61. The van der Waals surface area contributed by atoms with E-state index < -0.39 is 5.60 Å². The molecule has 1 atom stereocenters. The highest BCUT2D eigenvalue weighted by Crippen LogP contribution is 2.45. The first-order valence-electron chi connectivity index (χ1n) is 7.77. The number of hydrogen-bond donors (Lipinski definition) is 1. The van der Waals surface area contributed by atoms with Crippen LogP contribution >= 0.6 is 0 Å². The minimum atomic E-state index is -1.37. The molecular weight excluding hydrogens is 300 g/mol. The lowest BCUT2D eigenvalue weighted by atomic mass is 9.71. The smallest absolute Gasteiger partial charge is 0.193 e. The third kappa shape index (κ3) is 1.92. The minimum absolute atomic E-state index is 0.0971. The molecule has 24 heavy (non-hydrogen) atoms. The molecule has 3 aromatic rings. The van der Waals surface area contributed by atoms with Crippen molar-refractivity contribution in [1.29, 1.82) is 0 Å². The van der Waals surface area contributed by atoms with Crippen molar-refractivity contribution in [3.05, 3.63) is 101 Å². The largest absolute Gasteiger partial charge is 0.497 e. The second-order valence-electron chi connectivity index (χ2n) is 5.86. The van der Waals surface area contributed by atoms with Gasteiger partial charge in [-0.1, -0.05) is 60.7 Å². The van der Waals surface area contributed by atoms with Gasteiger partial charge in [-0.2, -0.15) is 0 Å². The zero-order chi connectivity index (χ0) is 16.7. The summed E-state index contributed by atoms with van der Waals surface area (Å²) in [6.07, 6.45) is 0. The molecule has 0 radical (unpaired) electrons. The van der Waals surface area contributed by atoms with Gasteiger partial charge >= 0.3 is 0 Å². The molecule has 1 N–H and O–H groups in total. The molecule has 0 aliphatic heterocycles. The second kappa shape index (κ2) is 5.32. The minimum Gasteiger partial charge on any atom is -0.497 e. The predicted molar refractivity (Wildman–Crippen MR) is 91.4 cm³/mol. The number of ether oxygens (including phenoxy) is 1. The van der Waals surface area contributed by atoms with Gasteiger partial charge in [0, 0.05) is 22.3 Å². The Balaban J connectivity index is 2.08. The van der Waals surface area contributed by atoms with E-state index in [1.54, 1.807) is 31.4 Å². The molecule has 0 fully saturated rings. The van der Waals surface area contributed by atoms with Crippen LogP contribution in [-0.4, -0.2) is 18.0 Å². The Morgan fingerprint density at radius 3 is 2.25 bits per heavy atom. The maximum absolute atomic E-state index is 12.9. The molecule has 0 aromatic heterocycles. The molecule has 118 valence electrons. The van der Waals surface area contributed by atoms with Crippen LogP contribution in [0.1, 0.15) is 32.6 Å². The van der Waals surface area contributed by atoms with Gasteiger partial charge in [-0.15, -0.1) is 0 Å². The summed E-state index contributed by atoms with van der Waals surface area (Å²) >= 11 is 0. The van der Waals surface area contributed by atoms with Gasteiger partial charge in [-0.3, -0.25) is 4.79 Å². The number of rotatable bonds is 2. The van der Waals surface area contributed by atoms with Gasteiger partial charge in [-0.25, -0.2) is 0 Å². The fourth-order valence-corrected chi connectivity index (χ4v) is 3.43. The van der Waals surface area contributed by atoms with Crippen LogP contribution in [0.3, 0.4) is 0 Å². The molecule has 0 amide bonds. The van der Waals surface area contributed by atoms with Gasteiger partial charge in [0.15, 0.2) is 5.78 Å². The van der Waals surface area contributed by atoms with Crippen molar-refractivity contribution in [3.8, 4) is 5.75 Å². The Hall–Kier alpha value is -2.91. The van der Waals surface area contributed by atoms with Gasteiger partial charge in [0.25, 0.3) is 0 Å². The first-order valence-corrected chi connectivity index (χ1v) is 7.77. The van der Waals surface area contributed by atoms with Crippen LogP contribution in [0.5, 0.6) is 5.75 Å². The quantitative estimate of drug-likeness (QED) is 0.787. The molecule has 3 nitrogen and oxygen atoms in total. The van der Waals surface area contributed by atoms with Crippen molar-refractivity contribution in [2.24, 2.45) is 0 Å². The molecule has 3 aromatic carbocycles. The number of hydrogen-bond acceptors (Lipinski definition) is 3. The van der Waals surface area contributed by atoms with Gasteiger partial charge in [0.05, 0.1) is 7.11 Å². The standard InChI is InChI=1S/C21H16O3/c1-24-15-11-12-19-17(13-15)20(22)16-9-5-6-10-18(16)21(19,23)14-7-3-2-4-8-14/h2-13,23H,1H3. The summed E-state index contributed by atoms with van der Waals surface area (Å²) in [7, 11) is 1.56. The molecular formula is C21H16O3. The maximum atomic E-state index is 12.9. The third-order valence-electron chi connectivity index (χ3n) is 4.61. The summed E-state index contributed by atoms with van der Waals surface area (Å²) in [6.45, 7) is 0. The van der Waals surface area contributed by atoms with Crippen molar-refractivity contribution in [1.82, 2.24) is 0 Å². The first kappa shape index (κ1) is 14.7. The van der Waals surface area contributed by atoms with Crippen LogP contribution in [0.15, 0.2) is 72.8 Å². The van der Waals surface area contributed by atoms with Gasteiger partial charge in [0.2, 0.25) is 0 Å². The summed E-state index contributed by atoms with van der Waals surface area (Å²) in [5.41, 5.74) is 1.55. The van der Waals surface area contributed by atoms with Crippen LogP contribution in [-0.2, 0) is 5.60 Å². The normalized spacial score (nSPS) is 18.7. The molecule has 0 saturated heterocycles. The van der Waals surface area contributed by atoms with Crippen LogP contribution < -0.4 is 4.74 Å². The zero-order valence-corrected chi connectivity index (χ0v) is 13.2. The highest BCUT2D eigenvalue weighted by atomic mass is 16.5. The van der Waals surface area contributed by atoms with E-state index in [0.29, 0.717) is 28.0 Å². The van der Waals surface area contributed by atoms with E-state index in [1.165, 1.54) is 0 Å². The zero-order valence-electron chi connectivity index (χ0n) is 13.2. The summed E-state index contributed by atoms with van der Waals surface area (Å²) in [5.74, 6) is 0.497. The van der Waals surface area contributed by atoms with E-state index in [4.69, 9.17) is 4.74 Å². The molecule has 0 heterocycles. The van der Waals surface area contributed by atoms with Crippen LogP contribution in [0.2, 0.25) is 0 Å². The van der Waals surface area contributed by atoms with E-state index in [2.05, 4.69) is 0 Å². The van der Waals surface area contributed by atoms with Gasteiger partial charge in [-0.05, 0) is 17.7 Å². The number of fused-ring (bicyclic) bond motifs is 2. The Labute approximate surface area is 140 Å². The van der Waals surface area contributed by atoms with Crippen molar-refractivity contribution in [2.45, 2.75) is 5.60 Å². The number of aliphatic hydroxyl groups is 1. The first-order chi connectivity index (χ1) is 11.7. The van der Waals surface area contributed by atoms with Crippen LogP contribution in [0.4, 0.5) is 0 Å². The van der Waals surface area contributed by atoms with E-state index in [-0.39, 0.29) is 5.78 Å². The fraction of sp³-hybridized carbons (Fsp3) is 0.0952. The number of benzene rings is 3. The Bertz CT molecular complexity index is 931. The predicted octanol–water partition coefficient (Wildman–Crippen LogP) is 3.52. The molecule has 1 aliphatic carbocycles. The SMILES string of the molecule is COc1ccc2c(c1)C(=O)c1ccccc1C2(O)c1ccccc1. The average molecular weight is 316 g/mol. The average Bonchev–Trinajstić information content (AvgIpc) is 2.66. The maximum Gasteiger partial charge on any atom is 0.193 e. The number of carbonyl (C=O) groups excluding carboxylic acids is 1. The molecule has 3 heteroatoms. The van der Waals surface area contributed by atoms with Crippen molar-refractivity contribution in [3.63, 3.8) is 0 Å². The van der Waals surface area contributed by atoms with Crippen LogP contribution in [0.25, 0.3) is 0 Å². The van der Waals surface area contributed by atoms with E-state index >= 15 is 0 Å². The van der Waals surface area contributed by atoms with Crippen molar-refractivity contribution in [2.75, 3.05) is 7.11 Å². The van der Waals surface area contributed by atoms with Crippen molar-refractivity contribution >= 4 is 5.78 Å². The molecule has 1 unspecified atom stereocenters. The summed E-state index contributed by atoms with van der Waals surface area (Å²) in [6, 6.07) is 21.9. The topological polar surface area (TPSA) is 46.5 Å². The van der Waals surface area contributed by atoms with Crippen LogP contribution in [0, 0.1) is 0 Å². The molecule has 1 aliphatic rings. The lowest BCUT2D eigenvalue weighted by molar-refractivity contribution is 0.0949. The van der Waals surface area contributed by atoms with Gasteiger partial charge in [0.1, 0.15) is 11.4 Å². The highest BCUT2D eigenvalue weighted by Gasteiger charge is 2.43. The summed E-state index contributed by atoms with van der Waals surface area (Å²) in [4.78, 5) is 12.9. The second-order valence-corrected chi connectivity index (χ2v) is 5.86. The summed E-state index contributed by atoms with van der Waals surface area (Å²) in [5, 5.41) is 11.7. The molecule has 4 rings (SSSR count). The van der Waals surface area contributed by atoms with Crippen molar-refractivity contribution < 1.29 is 14.6 Å². The lowest BCUT2D eigenvalue weighted by Gasteiger charge is -2.36. The highest BCUT2D eigenvalue weighted by molar-refractivity contribution is 6.13. The Kier molecular flexibility index (Phi) is 3.25. The van der Waals surface area contributed by atoms with Gasteiger partial charge < -0.3 is 9.84 Å². The summed E-state index contributed by atoms with van der Waals surface area (Å²) < 4.78 is 5.26. The molecule has 0 bridgehead atoms. The monoisotopic (exact) mass is 316 g/mol. The molecule has 0 saturated carbocycles. The number of carbonyl (C=O) groups is 1. The number of methoxy groups -OCH3 is 1.